The van der Waals surface area contributed by atoms with Crippen LogP contribution in [0.15, 0.2) is 46.3 Å². The van der Waals surface area contributed by atoms with E-state index in [0.717, 1.165) is 25.7 Å². The van der Waals surface area contributed by atoms with E-state index in [4.69, 9.17) is 0 Å². The Kier molecular flexibility index (Phi) is 4.81. The zero-order valence-electron chi connectivity index (χ0n) is 10.8. The lowest BCUT2D eigenvalue weighted by atomic mass is 10.2. The number of hydrogen-bond donors (Lipinski definition) is 0. The number of sulfonamides is 1. The lowest BCUT2D eigenvalue weighted by Gasteiger charge is -2.27. The topological polar surface area (TPSA) is 37.4 Å². The third kappa shape index (κ3) is 3.09. The van der Waals surface area contributed by atoms with E-state index in [1.54, 1.807) is 28.6 Å². The van der Waals surface area contributed by atoms with Gasteiger partial charge >= 0.3 is 0 Å². The summed E-state index contributed by atoms with van der Waals surface area (Å²) in [6.07, 6.45) is 5.75. The molecule has 0 heterocycles. The monoisotopic (exact) mass is 343 g/mol. The first-order valence-corrected chi connectivity index (χ1v) is 8.68. The van der Waals surface area contributed by atoms with Gasteiger partial charge in [0, 0.05) is 17.1 Å². The lowest BCUT2D eigenvalue weighted by molar-refractivity contribution is 0.347. The maximum atomic E-state index is 12.8. The van der Waals surface area contributed by atoms with Crippen molar-refractivity contribution in [1.82, 2.24) is 4.31 Å². The van der Waals surface area contributed by atoms with Gasteiger partial charge in [-0.2, -0.15) is 4.31 Å². The van der Waals surface area contributed by atoms with Crippen LogP contribution < -0.4 is 0 Å². The summed E-state index contributed by atoms with van der Waals surface area (Å²) in [6, 6.07) is 7.07. The molecule has 0 atom stereocenters. The quantitative estimate of drug-likeness (QED) is 0.766. The first-order chi connectivity index (χ1) is 9.07. The van der Waals surface area contributed by atoms with Crippen molar-refractivity contribution >= 4 is 26.0 Å². The molecule has 0 N–H and O–H groups in total. The Bertz CT molecular complexity index is 550. The van der Waals surface area contributed by atoms with Crippen molar-refractivity contribution in [2.24, 2.45) is 0 Å². The number of benzene rings is 1. The highest BCUT2D eigenvalue weighted by Gasteiger charge is 2.33. The van der Waals surface area contributed by atoms with E-state index in [0.29, 0.717) is 15.9 Å². The van der Waals surface area contributed by atoms with Gasteiger partial charge in [0.2, 0.25) is 10.0 Å². The van der Waals surface area contributed by atoms with Gasteiger partial charge in [0.1, 0.15) is 0 Å². The van der Waals surface area contributed by atoms with Crippen molar-refractivity contribution < 1.29 is 8.42 Å². The van der Waals surface area contributed by atoms with Gasteiger partial charge < -0.3 is 0 Å². The Hall–Kier alpha value is -0.650. The summed E-state index contributed by atoms with van der Waals surface area (Å²) in [5.41, 5.74) is 0. The fourth-order valence-electron chi connectivity index (χ4n) is 2.54. The highest BCUT2D eigenvalue weighted by molar-refractivity contribution is 9.10. The van der Waals surface area contributed by atoms with Crippen LogP contribution in [-0.2, 0) is 10.0 Å². The minimum atomic E-state index is -3.46. The molecule has 19 heavy (non-hydrogen) atoms. The van der Waals surface area contributed by atoms with Gasteiger partial charge in [0.25, 0.3) is 0 Å². The zero-order valence-corrected chi connectivity index (χ0v) is 13.2. The molecule has 0 aromatic heterocycles. The highest BCUT2D eigenvalue weighted by Crippen LogP contribution is 2.31. The molecule has 5 heteroatoms. The van der Waals surface area contributed by atoms with Gasteiger partial charge in [0.15, 0.2) is 0 Å². The zero-order chi connectivity index (χ0) is 13.9. The molecule has 1 aromatic rings. The van der Waals surface area contributed by atoms with Crippen LogP contribution >= 0.6 is 15.9 Å². The molecule has 2 rings (SSSR count). The molecule has 0 radical (unpaired) electrons. The van der Waals surface area contributed by atoms with Gasteiger partial charge in [0.05, 0.1) is 4.90 Å². The second-order valence-corrected chi connectivity index (χ2v) is 7.45. The molecule has 1 fully saturated rings. The van der Waals surface area contributed by atoms with Crippen LogP contribution in [0.3, 0.4) is 0 Å². The fourth-order valence-corrected chi connectivity index (χ4v) is 5.16. The second-order valence-electron chi connectivity index (χ2n) is 4.73. The molecule has 1 saturated carbocycles. The molecule has 0 bridgehead atoms. The first-order valence-electron chi connectivity index (χ1n) is 6.44. The Morgan fingerprint density at radius 2 is 1.95 bits per heavy atom. The SMILES string of the molecule is C=CCN(C1CCCC1)S(=O)(=O)c1ccccc1Br. The van der Waals surface area contributed by atoms with Crippen molar-refractivity contribution in [1.29, 1.82) is 0 Å². The summed E-state index contributed by atoms with van der Waals surface area (Å²) in [7, 11) is -3.46. The standard InChI is InChI=1S/C14H18BrNO2S/c1-2-11-16(12-7-3-4-8-12)19(17,18)14-10-6-5-9-13(14)15/h2,5-6,9-10,12H,1,3-4,7-8,11H2. The van der Waals surface area contributed by atoms with E-state index in [1.165, 1.54) is 0 Å². The molecular weight excluding hydrogens is 326 g/mol. The first kappa shape index (κ1) is 14.8. The molecule has 0 spiro atoms. The lowest BCUT2D eigenvalue weighted by Crippen LogP contribution is -2.39. The molecular formula is C14H18BrNO2S. The van der Waals surface area contributed by atoms with E-state index in [9.17, 15) is 8.42 Å². The van der Waals surface area contributed by atoms with E-state index in [2.05, 4.69) is 22.5 Å². The van der Waals surface area contributed by atoms with Crippen LogP contribution in [0.25, 0.3) is 0 Å². The van der Waals surface area contributed by atoms with E-state index in [1.807, 2.05) is 6.07 Å². The van der Waals surface area contributed by atoms with E-state index >= 15 is 0 Å². The van der Waals surface area contributed by atoms with Gasteiger partial charge in [-0.25, -0.2) is 8.42 Å². The maximum absolute atomic E-state index is 12.8. The van der Waals surface area contributed by atoms with Crippen molar-refractivity contribution in [3.8, 4) is 0 Å². The Balaban J connectivity index is 2.39. The summed E-state index contributed by atoms with van der Waals surface area (Å²) < 4.78 is 27.8. The average Bonchev–Trinajstić information content (AvgIpc) is 2.89. The van der Waals surface area contributed by atoms with Crippen LogP contribution in [0, 0.1) is 0 Å². The van der Waals surface area contributed by atoms with Crippen LogP contribution in [0.4, 0.5) is 0 Å². The van der Waals surface area contributed by atoms with E-state index in [-0.39, 0.29) is 6.04 Å². The summed E-state index contributed by atoms with van der Waals surface area (Å²) in [6.45, 7) is 4.05. The number of rotatable bonds is 5. The minimum absolute atomic E-state index is 0.107. The Labute approximate surface area is 123 Å². The molecule has 104 valence electrons. The number of halogens is 1. The smallest absolute Gasteiger partial charge is 0.207 e. The predicted octanol–water partition coefficient (Wildman–Crippen LogP) is 3.57. The normalized spacial score (nSPS) is 16.9. The summed E-state index contributed by atoms with van der Waals surface area (Å²) in [5, 5.41) is 0. The molecule has 1 aromatic carbocycles. The number of nitrogens with zero attached hydrogens (tertiary/aromatic N) is 1. The molecule has 0 unspecified atom stereocenters. The van der Waals surface area contributed by atoms with Crippen molar-refractivity contribution in [2.75, 3.05) is 6.54 Å². The van der Waals surface area contributed by atoms with Crippen LogP contribution in [-0.4, -0.2) is 25.3 Å². The van der Waals surface area contributed by atoms with Gasteiger partial charge in [-0.05, 0) is 40.9 Å². The fraction of sp³-hybridized carbons (Fsp3) is 0.429. The molecule has 0 amide bonds. The molecule has 3 nitrogen and oxygen atoms in total. The number of hydrogen-bond acceptors (Lipinski definition) is 2. The molecule has 0 saturated heterocycles. The van der Waals surface area contributed by atoms with Gasteiger partial charge in [-0.15, -0.1) is 6.58 Å². The average molecular weight is 344 g/mol. The van der Waals surface area contributed by atoms with Crippen LogP contribution in [0.5, 0.6) is 0 Å². The largest absolute Gasteiger partial charge is 0.244 e. The Morgan fingerprint density at radius 1 is 1.32 bits per heavy atom. The maximum Gasteiger partial charge on any atom is 0.244 e. The summed E-state index contributed by atoms with van der Waals surface area (Å²) >= 11 is 3.33. The predicted molar refractivity (Wildman–Crippen MR) is 80.5 cm³/mol. The summed E-state index contributed by atoms with van der Waals surface area (Å²) in [5.74, 6) is 0. The van der Waals surface area contributed by atoms with Crippen LogP contribution in [0.1, 0.15) is 25.7 Å². The summed E-state index contributed by atoms with van der Waals surface area (Å²) in [4.78, 5) is 0.337. The molecule has 1 aliphatic carbocycles. The van der Waals surface area contributed by atoms with E-state index < -0.39 is 10.0 Å². The molecule has 1 aliphatic rings. The van der Waals surface area contributed by atoms with Gasteiger partial charge in [-0.3, -0.25) is 0 Å². The minimum Gasteiger partial charge on any atom is -0.207 e. The third-order valence-corrected chi connectivity index (χ3v) is 6.39. The highest BCUT2D eigenvalue weighted by atomic mass is 79.9. The molecule has 0 aliphatic heterocycles. The second kappa shape index (κ2) is 6.20. The van der Waals surface area contributed by atoms with Gasteiger partial charge in [-0.1, -0.05) is 31.1 Å². The van der Waals surface area contributed by atoms with Crippen molar-refractivity contribution in [3.05, 3.63) is 41.4 Å². The van der Waals surface area contributed by atoms with Crippen LogP contribution in [0.2, 0.25) is 0 Å². The Morgan fingerprint density at radius 3 is 2.53 bits per heavy atom. The van der Waals surface area contributed by atoms with Crippen molar-refractivity contribution in [2.45, 2.75) is 36.6 Å². The van der Waals surface area contributed by atoms with Crippen molar-refractivity contribution in [3.63, 3.8) is 0 Å². The third-order valence-electron chi connectivity index (χ3n) is 3.46.